The van der Waals surface area contributed by atoms with Crippen molar-refractivity contribution < 1.29 is 4.79 Å². The number of hydrogen-bond acceptors (Lipinski definition) is 4. The van der Waals surface area contributed by atoms with E-state index >= 15 is 0 Å². The van der Waals surface area contributed by atoms with Crippen LogP contribution in [0.25, 0.3) is 6.08 Å². The first-order valence-electron chi connectivity index (χ1n) is 13.2. The highest BCUT2D eigenvalue weighted by Crippen LogP contribution is 2.34. The zero-order chi connectivity index (χ0) is 26.0. The Morgan fingerprint density at radius 2 is 1.81 bits per heavy atom. The molecular formula is C29H39ClN4O2. The Bertz CT molecular complexity index is 1210. The van der Waals surface area contributed by atoms with E-state index in [1.807, 2.05) is 32.1 Å². The molecule has 0 radical (unpaired) electrons. The minimum absolute atomic E-state index is 0.0244. The molecule has 0 atom stereocenters. The van der Waals surface area contributed by atoms with Crippen LogP contribution in [0.15, 0.2) is 29.1 Å². The zero-order valence-electron chi connectivity index (χ0n) is 22.2. The molecule has 1 N–H and O–H groups in total. The molecule has 1 aliphatic heterocycles. The molecule has 36 heavy (non-hydrogen) atoms. The Kier molecular flexibility index (Phi) is 8.26. The highest BCUT2D eigenvalue weighted by Gasteiger charge is 2.28. The molecule has 2 aromatic rings. The molecule has 1 aromatic carbocycles. The van der Waals surface area contributed by atoms with Gasteiger partial charge in [0.15, 0.2) is 0 Å². The second-order valence-corrected chi connectivity index (χ2v) is 10.7. The molecule has 1 saturated carbocycles. The highest BCUT2D eigenvalue weighted by molar-refractivity contribution is 6.31. The van der Waals surface area contributed by atoms with Gasteiger partial charge >= 0.3 is 0 Å². The number of aromatic nitrogens is 1. The number of carbonyl (C=O) groups excluding carboxylic acids is 1. The summed E-state index contributed by atoms with van der Waals surface area (Å²) in [5.74, 6) is -0.200. The molecule has 1 fully saturated rings. The Balaban J connectivity index is 1.55. The van der Waals surface area contributed by atoms with Gasteiger partial charge in [-0.2, -0.15) is 0 Å². The first-order chi connectivity index (χ1) is 17.2. The van der Waals surface area contributed by atoms with Crippen LogP contribution in [0.1, 0.15) is 72.3 Å². The van der Waals surface area contributed by atoms with Gasteiger partial charge in [-0.3, -0.25) is 9.59 Å². The molecule has 1 amide bonds. The molecule has 0 saturated heterocycles. The van der Waals surface area contributed by atoms with Crippen LogP contribution < -0.4 is 15.8 Å². The van der Waals surface area contributed by atoms with Crippen molar-refractivity contribution in [2.45, 2.75) is 78.0 Å². The normalized spacial score (nSPS) is 19.0. The molecule has 0 spiro atoms. The lowest BCUT2D eigenvalue weighted by Gasteiger charge is -2.40. The molecule has 194 valence electrons. The third-order valence-electron chi connectivity index (χ3n) is 7.99. The summed E-state index contributed by atoms with van der Waals surface area (Å²) in [5, 5.41) is 3.57. The van der Waals surface area contributed by atoms with Gasteiger partial charge in [0.2, 0.25) is 0 Å². The van der Waals surface area contributed by atoms with Gasteiger partial charge in [-0.25, -0.2) is 0 Å². The SMILES string of the molecule is CCc1cc2n(c(=O)c1CNC(=O)c1cc(Cl)cc(N(CC)C3CCC(N(C)C)CC3)c1C)CC=C2. The second-order valence-electron chi connectivity index (χ2n) is 10.2. The summed E-state index contributed by atoms with van der Waals surface area (Å²) in [6.07, 6.45) is 9.31. The number of anilines is 1. The lowest BCUT2D eigenvalue weighted by atomic mass is 9.89. The number of pyridine rings is 1. The van der Waals surface area contributed by atoms with Crippen LogP contribution >= 0.6 is 11.6 Å². The molecule has 2 heterocycles. The quantitative estimate of drug-likeness (QED) is 0.541. The molecule has 6 nitrogen and oxygen atoms in total. The standard InChI is InChI=1S/C29H39ClN4O2/c1-6-20-15-24-9-8-14-34(24)29(36)26(20)18-31-28(35)25-16-21(30)17-27(19(25)3)33(7-2)23-12-10-22(11-13-23)32(4)5/h8-9,15-17,22-23H,6-7,10-14,18H2,1-5H3,(H,31,35). The third-order valence-corrected chi connectivity index (χ3v) is 8.20. The Morgan fingerprint density at radius 3 is 2.44 bits per heavy atom. The number of benzene rings is 1. The van der Waals surface area contributed by atoms with Crippen LogP contribution in [-0.4, -0.2) is 48.1 Å². The van der Waals surface area contributed by atoms with Gasteiger partial charge in [-0.1, -0.05) is 24.6 Å². The monoisotopic (exact) mass is 510 g/mol. The van der Waals surface area contributed by atoms with E-state index in [9.17, 15) is 9.59 Å². The van der Waals surface area contributed by atoms with Gasteiger partial charge in [-0.05, 0) is 95.4 Å². The first-order valence-corrected chi connectivity index (χ1v) is 13.6. The molecule has 0 bridgehead atoms. The molecule has 1 aliphatic carbocycles. The molecule has 2 aliphatic rings. The average Bonchev–Trinajstić information content (AvgIpc) is 3.34. The van der Waals surface area contributed by atoms with Crippen molar-refractivity contribution in [3.63, 3.8) is 0 Å². The number of halogens is 1. The van der Waals surface area contributed by atoms with E-state index in [1.165, 1.54) is 12.8 Å². The van der Waals surface area contributed by atoms with E-state index < -0.39 is 0 Å². The second kappa shape index (κ2) is 11.2. The van der Waals surface area contributed by atoms with E-state index in [1.54, 1.807) is 10.6 Å². The van der Waals surface area contributed by atoms with Gasteiger partial charge in [0.25, 0.3) is 11.5 Å². The Labute approximate surface area is 219 Å². The molecule has 7 heteroatoms. The summed E-state index contributed by atoms with van der Waals surface area (Å²) in [4.78, 5) is 31.2. The largest absolute Gasteiger partial charge is 0.369 e. The number of fused-ring (bicyclic) bond motifs is 1. The number of aryl methyl sites for hydroxylation is 1. The summed E-state index contributed by atoms with van der Waals surface area (Å²) in [5.41, 5.74) is 5.07. The number of amides is 1. The van der Waals surface area contributed by atoms with Crippen LogP contribution in [0.4, 0.5) is 5.69 Å². The number of rotatable bonds is 8. The molecule has 0 unspecified atom stereocenters. The van der Waals surface area contributed by atoms with Crippen molar-refractivity contribution in [1.29, 1.82) is 0 Å². The summed E-state index contributed by atoms with van der Waals surface area (Å²) in [6.45, 7) is 7.85. The first kappa shape index (κ1) is 26.5. The Hall–Kier alpha value is -2.57. The minimum atomic E-state index is -0.200. The lowest BCUT2D eigenvalue weighted by Crippen LogP contribution is -2.42. The van der Waals surface area contributed by atoms with Crippen LogP contribution in [0.5, 0.6) is 0 Å². The summed E-state index contributed by atoms with van der Waals surface area (Å²) >= 11 is 6.55. The fraction of sp³-hybridized carbons (Fsp3) is 0.517. The van der Waals surface area contributed by atoms with E-state index in [-0.39, 0.29) is 18.0 Å². The van der Waals surface area contributed by atoms with Crippen molar-refractivity contribution in [2.24, 2.45) is 0 Å². The molecule has 4 rings (SSSR count). The predicted molar refractivity (Wildman–Crippen MR) is 149 cm³/mol. The van der Waals surface area contributed by atoms with Crippen molar-refractivity contribution >= 4 is 29.3 Å². The summed E-state index contributed by atoms with van der Waals surface area (Å²) in [6, 6.07) is 6.86. The molecular weight excluding hydrogens is 472 g/mol. The van der Waals surface area contributed by atoms with Gasteiger partial charge in [0, 0.05) is 59.2 Å². The van der Waals surface area contributed by atoms with Crippen LogP contribution in [0.3, 0.4) is 0 Å². The van der Waals surface area contributed by atoms with E-state index in [2.05, 4.69) is 42.2 Å². The van der Waals surface area contributed by atoms with Crippen LogP contribution in [0, 0.1) is 6.92 Å². The maximum Gasteiger partial charge on any atom is 0.256 e. The minimum Gasteiger partial charge on any atom is -0.369 e. The fourth-order valence-electron chi connectivity index (χ4n) is 5.85. The van der Waals surface area contributed by atoms with Crippen molar-refractivity contribution in [2.75, 3.05) is 25.5 Å². The predicted octanol–water partition coefficient (Wildman–Crippen LogP) is 5.03. The maximum absolute atomic E-state index is 13.4. The van der Waals surface area contributed by atoms with E-state index in [0.717, 1.165) is 48.3 Å². The van der Waals surface area contributed by atoms with Crippen LogP contribution in [-0.2, 0) is 19.5 Å². The van der Waals surface area contributed by atoms with Gasteiger partial charge in [-0.15, -0.1) is 0 Å². The maximum atomic E-state index is 13.4. The van der Waals surface area contributed by atoms with Crippen molar-refractivity contribution in [3.05, 3.63) is 67.6 Å². The lowest BCUT2D eigenvalue weighted by molar-refractivity contribution is 0.0950. The van der Waals surface area contributed by atoms with Crippen LogP contribution in [0.2, 0.25) is 5.02 Å². The summed E-state index contributed by atoms with van der Waals surface area (Å²) in [7, 11) is 4.32. The van der Waals surface area contributed by atoms with Crippen molar-refractivity contribution in [1.82, 2.24) is 14.8 Å². The van der Waals surface area contributed by atoms with E-state index in [0.29, 0.717) is 34.8 Å². The zero-order valence-corrected chi connectivity index (χ0v) is 23.0. The number of nitrogens with zero attached hydrogens (tertiary/aromatic N) is 3. The average molecular weight is 511 g/mol. The van der Waals surface area contributed by atoms with Gasteiger partial charge in [0.05, 0.1) is 0 Å². The van der Waals surface area contributed by atoms with E-state index in [4.69, 9.17) is 11.6 Å². The Morgan fingerprint density at radius 1 is 1.11 bits per heavy atom. The van der Waals surface area contributed by atoms with Gasteiger partial charge < -0.3 is 19.7 Å². The number of hydrogen-bond donors (Lipinski definition) is 1. The number of nitrogens with one attached hydrogen (secondary N) is 1. The summed E-state index contributed by atoms with van der Waals surface area (Å²) < 4.78 is 1.76. The van der Waals surface area contributed by atoms with Gasteiger partial charge in [0.1, 0.15) is 0 Å². The third kappa shape index (κ3) is 5.25. The smallest absolute Gasteiger partial charge is 0.256 e. The highest BCUT2D eigenvalue weighted by atomic mass is 35.5. The van der Waals surface area contributed by atoms with Crippen molar-refractivity contribution in [3.8, 4) is 0 Å². The topological polar surface area (TPSA) is 57.6 Å². The fourth-order valence-corrected chi connectivity index (χ4v) is 6.06. The number of carbonyl (C=O) groups is 1. The molecule has 1 aromatic heterocycles. The number of allylic oxidation sites excluding steroid dienone is 1.